The second-order valence-corrected chi connectivity index (χ2v) is 5.61. The van der Waals surface area contributed by atoms with E-state index in [9.17, 15) is 5.11 Å². The molecule has 1 aromatic heterocycles. The maximum atomic E-state index is 9.44. The summed E-state index contributed by atoms with van der Waals surface area (Å²) in [6.07, 6.45) is 1.75. The fourth-order valence-electron chi connectivity index (χ4n) is 2.82. The smallest absolute Gasteiger partial charge is 0.139 e. The van der Waals surface area contributed by atoms with Crippen molar-refractivity contribution in [3.05, 3.63) is 33.4 Å². The van der Waals surface area contributed by atoms with Crippen molar-refractivity contribution in [2.75, 3.05) is 13.7 Å². The molecule has 2 atom stereocenters. The Morgan fingerprint density at radius 2 is 2.15 bits per heavy atom. The number of benzene rings is 1. The van der Waals surface area contributed by atoms with E-state index < -0.39 is 0 Å². The van der Waals surface area contributed by atoms with Crippen molar-refractivity contribution >= 4 is 34.1 Å². The highest BCUT2D eigenvalue weighted by Crippen LogP contribution is 2.43. The van der Waals surface area contributed by atoms with Crippen molar-refractivity contribution in [3.8, 4) is 5.75 Å². The fraction of sp³-hybridized carbons (Fsp3) is 0.357. The molecule has 2 heterocycles. The highest BCUT2D eigenvalue weighted by Gasteiger charge is 2.30. The summed E-state index contributed by atoms with van der Waals surface area (Å²) in [5.41, 5.74) is 2.74. The number of nitrogens with zero attached hydrogens (tertiary/aromatic N) is 1. The van der Waals surface area contributed by atoms with Crippen molar-refractivity contribution in [1.29, 1.82) is 0 Å². The Morgan fingerprint density at radius 1 is 1.40 bits per heavy atom. The van der Waals surface area contributed by atoms with Crippen molar-refractivity contribution in [2.45, 2.75) is 19.0 Å². The quantitative estimate of drug-likeness (QED) is 0.893. The highest BCUT2D eigenvalue weighted by atomic mass is 35.5. The lowest BCUT2D eigenvalue weighted by atomic mass is 9.99. The van der Waals surface area contributed by atoms with Gasteiger partial charge in [0.15, 0.2) is 0 Å². The lowest BCUT2D eigenvalue weighted by Crippen LogP contribution is -2.18. The molecule has 0 saturated heterocycles. The molecule has 4 nitrogen and oxygen atoms in total. The molecule has 0 saturated carbocycles. The second kappa shape index (κ2) is 5.04. The predicted octanol–water partition coefficient (Wildman–Crippen LogP) is 3.25. The van der Waals surface area contributed by atoms with Gasteiger partial charge in [0.25, 0.3) is 0 Å². The first-order valence-electron chi connectivity index (χ1n) is 6.29. The SMILES string of the molecule is COc1cc2c3c(cnc2c(Cl)c1Cl)C(CO)N[C@H]3C. The van der Waals surface area contributed by atoms with Gasteiger partial charge in [-0.1, -0.05) is 23.2 Å². The first kappa shape index (κ1) is 13.9. The molecular weight excluding hydrogens is 299 g/mol. The van der Waals surface area contributed by atoms with E-state index in [2.05, 4.69) is 10.3 Å². The molecule has 1 aliphatic heterocycles. The fourth-order valence-corrected chi connectivity index (χ4v) is 3.28. The number of rotatable bonds is 2. The Hall–Kier alpha value is -1.07. The van der Waals surface area contributed by atoms with Gasteiger partial charge in [0.2, 0.25) is 0 Å². The van der Waals surface area contributed by atoms with Gasteiger partial charge in [0.1, 0.15) is 10.8 Å². The molecule has 0 radical (unpaired) electrons. The van der Waals surface area contributed by atoms with Crippen LogP contribution in [0.15, 0.2) is 12.3 Å². The number of fused-ring (bicyclic) bond motifs is 3. The molecule has 0 spiro atoms. The number of hydrogen-bond donors (Lipinski definition) is 2. The molecule has 1 aliphatic rings. The minimum absolute atomic E-state index is 0.0307. The molecule has 6 heteroatoms. The van der Waals surface area contributed by atoms with E-state index in [0.29, 0.717) is 21.3 Å². The number of hydrogen-bond acceptors (Lipinski definition) is 4. The Bertz CT molecular complexity index is 691. The third-order valence-corrected chi connectivity index (χ3v) is 4.58. The van der Waals surface area contributed by atoms with Crippen LogP contribution in [-0.2, 0) is 0 Å². The number of aliphatic hydroxyl groups excluding tert-OH is 1. The zero-order chi connectivity index (χ0) is 14.4. The molecule has 3 rings (SSSR count). The monoisotopic (exact) mass is 312 g/mol. The van der Waals surface area contributed by atoms with Crippen LogP contribution in [-0.4, -0.2) is 23.8 Å². The van der Waals surface area contributed by atoms with Crippen molar-refractivity contribution in [1.82, 2.24) is 10.3 Å². The molecule has 1 unspecified atom stereocenters. The highest BCUT2D eigenvalue weighted by molar-refractivity contribution is 6.46. The van der Waals surface area contributed by atoms with Crippen LogP contribution in [0.1, 0.15) is 30.1 Å². The third kappa shape index (κ3) is 1.87. The maximum Gasteiger partial charge on any atom is 0.139 e. The standard InChI is InChI=1S/C14H14Cl2N2O2/c1-6-11-7-3-10(20-2)12(15)13(16)14(7)17-4-8(11)9(5-19)18-6/h3-4,6,9,18-19H,5H2,1-2H3/t6-,9?/m0/s1. The summed E-state index contributed by atoms with van der Waals surface area (Å²) in [4.78, 5) is 4.40. The minimum Gasteiger partial charge on any atom is -0.495 e. The Kier molecular flexibility index (Phi) is 3.50. The minimum atomic E-state index is -0.0997. The van der Waals surface area contributed by atoms with E-state index in [1.54, 1.807) is 13.3 Å². The van der Waals surface area contributed by atoms with Gasteiger partial charge in [-0.3, -0.25) is 4.98 Å². The average Bonchev–Trinajstić information content (AvgIpc) is 2.79. The third-order valence-electron chi connectivity index (χ3n) is 3.74. The second-order valence-electron chi connectivity index (χ2n) is 4.85. The van der Waals surface area contributed by atoms with Crippen molar-refractivity contribution < 1.29 is 9.84 Å². The number of aliphatic hydroxyl groups is 1. The van der Waals surface area contributed by atoms with E-state index in [-0.39, 0.29) is 18.7 Å². The normalized spacial score (nSPS) is 21.2. The zero-order valence-electron chi connectivity index (χ0n) is 11.1. The Labute approximate surface area is 126 Å². The molecule has 0 fully saturated rings. The number of pyridine rings is 1. The van der Waals surface area contributed by atoms with Gasteiger partial charge in [-0.25, -0.2) is 0 Å². The Morgan fingerprint density at radius 3 is 2.80 bits per heavy atom. The topological polar surface area (TPSA) is 54.4 Å². The number of ether oxygens (including phenoxy) is 1. The van der Waals surface area contributed by atoms with Crippen LogP contribution in [0.25, 0.3) is 10.9 Å². The van der Waals surface area contributed by atoms with Gasteiger partial charge in [-0.15, -0.1) is 0 Å². The molecule has 2 aromatic rings. The number of halogens is 2. The van der Waals surface area contributed by atoms with Crippen LogP contribution in [0, 0.1) is 0 Å². The van der Waals surface area contributed by atoms with E-state index >= 15 is 0 Å². The van der Waals surface area contributed by atoms with E-state index in [4.69, 9.17) is 27.9 Å². The lowest BCUT2D eigenvalue weighted by molar-refractivity contribution is 0.246. The van der Waals surface area contributed by atoms with Gasteiger partial charge in [0.05, 0.1) is 30.3 Å². The summed E-state index contributed by atoms with van der Waals surface area (Å²) in [5, 5.41) is 14.4. The van der Waals surface area contributed by atoms with Crippen LogP contribution in [0.4, 0.5) is 0 Å². The summed E-state index contributed by atoms with van der Waals surface area (Å²) < 4.78 is 5.27. The first-order valence-corrected chi connectivity index (χ1v) is 7.05. The van der Waals surface area contributed by atoms with Gasteiger partial charge in [-0.2, -0.15) is 0 Å². The summed E-state index contributed by atoms with van der Waals surface area (Å²) in [7, 11) is 1.55. The maximum absolute atomic E-state index is 9.44. The lowest BCUT2D eigenvalue weighted by Gasteiger charge is -2.13. The molecule has 106 valence electrons. The van der Waals surface area contributed by atoms with Crippen LogP contribution in [0.3, 0.4) is 0 Å². The summed E-state index contributed by atoms with van der Waals surface area (Å²) in [5.74, 6) is 0.527. The molecule has 0 amide bonds. The van der Waals surface area contributed by atoms with E-state index in [1.807, 2.05) is 13.0 Å². The van der Waals surface area contributed by atoms with Gasteiger partial charge < -0.3 is 15.2 Å². The van der Waals surface area contributed by atoms with Crippen molar-refractivity contribution in [2.24, 2.45) is 0 Å². The van der Waals surface area contributed by atoms with Crippen molar-refractivity contribution in [3.63, 3.8) is 0 Å². The van der Waals surface area contributed by atoms with Crippen LogP contribution >= 0.6 is 23.2 Å². The molecular formula is C14H14Cl2N2O2. The molecule has 2 N–H and O–H groups in total. The van der Waals surface area contributed by atoms with Gasteiger partial charge >= 0.3 is 0 Å². The number of nitrogens with one attached hydrogen (secondary N) is 1. The molecule has 0 bridgehead atoms. The zero-order valence-corrected chi connectivity index (χ0v) is 12.6. The molecule has 0 aliphatic carbocycles. The number of aromatic nitrogens is 1. The van der Waals surface area contributed by atoms with Gasteiger partial charge in [-0.05, 0) is 24.1 Å². The number of methoxy groups -OCH3 is 1. The van der Waals surface area contributed by atoms with Crippen LogP contribution in [0.2, 0.25) is 10.0 Å². The summed E-state index contributed by atoms with van der Waals surface area (Å²) >= 11 is 12.4. The summed E-state index contributed by atoms with van der Waals surface area (Å²) in [6, 6.07) is 1.86. The molecule has 20 heavy (non-hydrogen) atoms. The largest absolute Gasteiger partial charge is 0.495 e. The van der Waals surface area contributed by atoms with E-state index in [0.717, 1.165) is 16.5 Å². The van der Waals surface area contributed by atoms with Crippen LogP contribution in [0.5, 0.6) is 5.75 Å². The Balaban J connectivity index is 2.36. The molecule has 1 aromatic carbocycles. The van der Waals surface area contributed by atoms with Crippen LogP contribution < -0.4 is 10.1 Å². The first-order chi connectivity index (χ1) is 9.58. The predicted molar refractivity (Wildman–Crippen MR) is 79.7 cm³/mol. The average molecular weight is 313 g/mol. The summed E-state index contributed by atoms with van der Waals surface area (Å²) in [6.45, 7) is 2.08. The van der Waals surface area contributed by atoms with Gasteiger partial charge in [0, 0.05) is 17.6 Å². The van der Waals surface area contributed by atoms with E-state index in [1.165, 1.54) is 0 Å².